The highest BCUT2D eigenvalue weighted by molar-refractivity contribution is 9.10. The Labute approximate surface area is 117 Å². The predicted octanol–water partition coefficient (Wildman–Crippen LogP) is 2.30. The van der Waals surface area contributed by atoms with Crippen molar-refractivity contribution < 1.29 is 4.79 Å². The van der Waals surface area contributed by atoms with Gasteiger partial charge in [0, 0.05) is 24.3 Å². The molecule has 1 heterocycles. The molecule has 1 N–H and O–H groups in total. The lowest BCUT2D eigenvalue weighted by Gasteiger charge is -2.23. The maximum Gasteiger partial charge on any atom is 0.251 e. The lowest BCUT2D eigenvalue weighted by molar-refractivity contribution is 0.0930. The van der Waals surface area contributed by atoms with Crippen LogP contribution >= 0.6 is 15.9 Å². The summed E-state index contributed by atoms with van der Waals surface area (Å²) in [6.45, 7) is 9.13. The lowest BCUT2D eigenvalue weighted by Crippen LogP contribution is -2.41. The van der Waals surface area contributed by atoms with Crippen LogP contribution in [0.15, 0.2) is 22.9 Å². The minimum Gasteiger partial charge on any atom is -0.348 e. The monoisotopic (exact) mass is 313 g/mol. The summed E-state index contributed by atoms with van der Waals surface area (Å²) in [5, 5.41) is 2.99. The van der Waals surface area contributed by atoms with Crippen LogP contribution in [0.25, 0.3) is 0 Å². The van der Waals surface area contributed by atoms with Crippen LogP contribution in [0.4, 0.5) is 0 Å². The number of carbonyl (C=O) groups excluding carboxylic acids is 1. The molecule has 0 spiro atoms. The molecule has 0 radical (unpaired) electrons. The van der Waals surface area contributed by atoms with Gasteiger partial charge in [-0.2, -0.15) is 0 Å². The van der Waals surface area contributed by atoms with Crippen molar-refractivity contribution in [3.05, 3.63) is 28.5 Å². The van der Waals surface area contributed by atoms with Crippen LogP contribution in [0.5, 0.6) is 0 Å². The highest BCUT2D eigenvalue weighted by Crippen LogP contribution is 2.08. The molecule has 0 bridgehead atoms. The van der Waals surface area contributed by atoms with Crippen LogP contribution in [0.2, 0.25) is 0 Å². The molecule has 0 saturated carbocycles. The molecule has 0 aliphatic heterocycles. The van der Waals surface area contributed by atoms with E-state index in [4.69, 9.17) is 0 Å². The van der Waals surface area contributed by atoms with Gasteiger partial charge < -0.3 is 10.2 Å². The molecule has 1 amide bonds. The number of nitrogens with zero attached hydrogens (tertiary/aromatic N) is 2. The average molecular weight is 314 g/mol. The summed E-state index contributed by atoms with van der Waals surface area (Å²) in [4.78, 5) is 18.3. The lowest BCUT2D eigenvalue weighted by atomic mass is 10.2. The molecule has 0 aliphatic rings. The quantitative estimate of drug-likeness (QED) is 0.820. The van der Waals surface area contributed by atoms with Gasteiger partial charge in [-0.1, -0.05) is 13.8 Å². The zero-order valence-electron chi connectivity index (χ0n) is 11.1. The molecule has 0 aliphatic carbocycles. The maximum absolute atomic E-state index is 12.0. The third kappa shape index (κ3) is 4.74. The third-order valence-electron chi connectivity index (χ3n) is 2.79. The van der Waals surface area contributed by atoms with E-state index in [9.17, 15) is 4.79 Å². The van der Waals surface area contributed by atoms with E-state index in [2.05, 4.69) is 45.0 Å². The summed E-state index contributed by atoms with van der Waals surface area (Å²) in [6, 6.07) is 3.56. The average Bonchev–Trinajstić information content (AvgIpc) is 2.35. The van der Waals surface area contributed by atoms with Crippen LogP contribution in [0.1, 0.15) is 31.1 Å². The van der Waals surface area contributed by atoms with Crippen molar-refractivity contribution >= 4 is 21.8 Å². The fraction of sp³-hybridized carbons (Fsp3) is 0.538. The Morgan fingerprint density at radius 1 is 1.50 bits per heavy atom. The van der Waals surface area contributed by atoms with E-state index in [-0.39, 0.29) is 11.9 Å². The Hall–Kier alpha value is -0.940. The van der Waals surface area contributed by atoms with Gasteiger partial charge in [-0.15, -0.1) is 0 Å². The molecule has 5 heteroatoms. The normalized spacial score (nSPS) is 12.5. The molecule has 18 heavy (non-hydrogen) atoms. The first kappa shape index (κ1) is 15.1. The molecular weight excluding hydrogens is 294 g/mol. The van der Waals surface area contributed by atoms with Gasteiger partial charge in [0.15, 0.2) is 0 Å². The van der Waals surface area contributed by atoms with Crippen molar-refractivity contribution in [3.8, 4) is 0 Å². The van der Waals surface area contributed by atoms with Crippen LogP contribution in [0.3, 0.4) is 0 Å². The minimum absolute atomic E-state index is 0.0576. The van der Waals surface area contributed by atoms with Crippen molar-refractivity contribution in [1.29, 1.82) is 0 Å². The molecule has 4 nitrogen and oxygen atoms in total. The van der Waals surface area contributed by atoms with E-state index in [1.54, 1.807) is 18.3 Å². The van der Waals surface area contributed by atoms with Gasteiger partial charge in [0.1, 0.15) is 4.60 Å². The molecular formula is C13H20BrN3O. The van der Waals surface area contributed by atoms with E-state index >= 15 is 0 Å². The number of amides is 1. The fourth-order valence-electron chi connectivity index (χ4n) is 1.77. The first-order valence-electron chi connectivity index (χ1n) is 6.21. The number of hydrogen-bond donors (Lipinski definition) is 1. The van der Waals surface area contributed by atoms with Gasteiger partial charge in [0.25, 0.3) is 5.91 Å². The van der Waals surface area contributed by atoms with Crippen molar-refractivity contribution in [1.82, 2.24) is 15.2 Å². The minimum atomic E-state index is -0.0576. The van der Waals surface area contributed by atoms with E-state index in [1.165, 1.54) is 0 Å². The molecule has 100 valence electrons. The highest BCUT2D eigenvalue weighted by Gasteiger charge is 2.12. The van der Waals surface area contributed by atoms with Gasteiger partial charge in [-0.05, 0) is 48.1 Å². The topological polar surface area (TPSA) is 45.2 Å². The molecule has 1 aromatic heterocycles. The molecule has 1 unspecified atom stereocenters. The standard InChI is InChI=1S/C13H20BrN3O/c1-4-17(5-2)9-10(3)16-13(18)11-6-7-15-12(14)8-11/h6-8,10H,4-5,9H2,1-3H3,(H,16,18). The predicted molar refractivity (Wildman–Crippen MR) is 76.7 cm³/mol. The number of hydrogen-bond acceptors (Lipinski definition) is 3. The molecule has 0 saturated heterocycles. The Kier molecular flexibility index (Phi) is 6.29. The number of carbonyl (C=O) groups is 1. The van der Waals surface area contributed by atoms with Gasteiger partial charge in [-0.3, -0.25) is 4.79 Å². The van der Waals surface area contributed by atoms with Gasteiger partial charge in [0.05, 0.1) is 0 Å². The number of rotatable bonds is 6. The Morgan fingerprint density at radius 3 is 2.72 bits per heavy atom. The van der Waals surface area contributed by atoms with E-state index in [0.29, 0.717) is 10.2 Å². The van der Waals surface area contributed by atoms with Crippen molar-refractivity contribution in [2.24, 2.45) is 0 Å². The van der Waals surface area contributed by atoms with Crippen LogP contribution in [-0.2, 0) is 0 Å². The number of nitrogens with one attached hydrogen (secondary N) is 1. The summed E-state index contributed by atoms with van der Waals surface area (Å²) in [5.74, 6) is -0.0576. The highest BCUT2D eigenvalue weighted by atomic mass is 79.9. The Balaban J connectivity index is 2.54. The second-order valence-electron chi connectivity index (χ2n) is 4.23. The zero-order chi connectivity index (χ0) is 13.5. The third-order valence-corrected chi connectivity index (χ3v) is 3.23. The summed E-state index contributed by atoms with van der Waals surface area (Å²) in [6.07, 6.45) is 1.62. The second-order valence-corrected chi connectivity index (χ2v) is 5.04. The summed E-state index contributed by atoms with van der Waals surface area (Å²) < 4.78 is 0.673. The second kappa shape index (κ2) is 7.48. The van der Waals surface area contributed by atoms with Crippen LogP contribution < -0.4 is 5.32 Å². The first-order valence-corrected chi connectivity index (χ1v) is 7.00. The largest absolute Gasteiger partial charge is 0.348 e. The zero-order valence-corrected chi connectivity index (χ0v) is 12.7. The van der Waals surface area contributed by atoms with E-state index < -0.39 is 0 Å². The SMILES string of the molecule is CCN(CC)CC(C)NC(=O)c1ccnc(Br)c1. The number of likely N-dealkylation sites (N-methyl/N-ethyl adjacent to an activating group) is 1. The van der Waals surface area contributed by atoms with E-state index in [0.717, 1.165) is 19.6 Å². The molecule has 0 aromatic carbocycles. The fourth-order valence-corrected chi connectivity index (χ4v) is 2.13. The van der Waals surface area contributed by atoms with Gasteiger partial charge in [0.2, 0.25) is 0 Å². The van der Waals surface area contributed by atoms with Crippen LogP contribution in [0, 0.1) is 0 Å². The summed E-state index contributed by atoms with van der Waals surface area (Å²) in [5.41, 5.74) is 0.628. The summed E-state index contributed by atoms with van der Waals surface area (Å²) >= 11 is 3.26. The van der Waals surface area contributed by atoms with E-state index in [1.807, 2.05) is 6.92 Å². The van der Waals surface area contributed by atoms with Gasteiger partial charge in [-0.25, -0.2) is 4.98 Å². The molecule has 1 rings (SSSR count). The van der Waals surface area contributed by atoms with Crippen molar-refractivity contribution in [2.45, 2.75) is 26.8 Å². The smallest absolute Gasteiger partial charge is 0.251 e. The number of aromatic nitrogens is 1. The molecule has 1 aromatic rings. The molecule has 0 fully saturated rings. The van der Waals surface area contributed by atoms with Crippen molar-refractivity contribution in [3.63, 3.8) is 0 Å². The van der Waals surface area contributed by atoms with Gasteiger partial charge >= 0.3 is 0 Å². The number of pyridine rings is 1. The molecule has 1 atom stereocenters. The Bertz CT molecular complexity index is 394. The maximum atomic E-state index is 12.0. The van der Waals surface area contributed by atoms with Crippen LogP contribution in [-0.4, -0.2) is 41.5 Å². The van der Waals surface area contributed by atoms with Crippen molar-refractivity contribution in [2.75, 3.05) is 19.6 Å². The first-order chi connectivity index (χ1) is 8.56. The number of halogens is 1. The summed E-state index contributed by atoms with van der Waals surface area (Å²) in [7, 11) is 0. The Morgan fingerprint density at radius 2 is 2.17 bits per heavy atom.